The Balaban J connectivity index is 2.23. The SMILES string of the molecule is O=Cc1nccc([C@@H]2CNCC[C@@H]2Cl)n1. The van der Waals surface area contributed by atoms with Crippen LogP contribution in [0.3, 0.4) is 0 Å². The number of aldehydes is 1. The van der Waals surface area contributed by atoms with E-state index in [1.165, 1.54) is 0 Å². The van der Waals surface area contributed by atoms with Gasteiger partial charge >= 0.3 is 0 Å². The molecular weight excluding hydrogens is 214 g/mol. The Morgan fingerprint density at radius 2 is 2.47 bits per heavy atom. The number of aromatic nitrogens is 2. The van der Waals surface area contributed by atoms with Crippen LogP contribution in [0.4, 0.5) is 0 Å². The molecular formula is C10H12ClN3O. The molecule has 2 rings (SSSR count). The molecule has 2 heterocycles. The quantitative estimate of drug-likeness (QED) is 0.602. The summed E-state index contributed by atoms with van der Waals surface area (Å²) in [7, 11) is 0. The molecule has 1 aliphatic rings. The molecule has 1 aliphatic heterocycles. The summed E-state index contributed by atoms with van der Waals surface area (Å²) in [6.07, 6.45) is 3.18. The number of hydrogen-bond donors (Lipinski definition) is 1. The number of carbonyl (C=O) groups excluding carboxylic acids is 1. The van der Waals surface area contributed by atoms with E-state index in [4.69, 9.17) is 11.6 Å². The lowest BCUT2D eigenvalue weighted by molar-refractivity contribution is 0.111. The fraction of sp³-hybridized carbons (Fsp3) is 0.500. The van der Waals surface area contributed by atoms with Crippen molar-refractivity contribution in [3.05, 3.63) is 23.8 Å². The molecule has 0 saturated carbocycles. The van der Waals surface area contributed by atoms with E-state index >= 15 is 0 Å². The van der Waals surface area contributed by atoms with Crippen LogP contribution in [0.1, 0.15) is 28.7 Å². The second kappa shape index (κ2) is 4.68. The lowest BCUT2D eigenvalue weighted by Gasteiger charge is -2.27. The number of piperidine rings is 1. The van der Waals surface area contributed by atoms with E-state index in [9.17, 15) is 4.79 Å². The van der Waals surface area contributed by atoms with E-state index in [0.29, 0.717) is 6.29 Å². The molecule has 1 aromatic rings. The Hall–Kier alpha value is -1.00. The molecule has 0 unspecified atom stereocenters. The Morgan fingerprint density at radius 1 is 1.60 bits per heavy atom. The van der Waals surface area contributed by atoms with E-state index < -0.39 is 0 Å². The highest BCUT2D eigenvalue weighted by Gasteiger charge is 2.25. The highest BCUT2D eigenvalue weighted by molar-refractivity contribution is 6.21. The zero-order valence-corrected chi connectivity index (χ0v) is 8.94. The van der Waals surface area contributed by atoms with E-state index in [1.54, 1.807) is 6.20 Å². The van der Waals surface area contributed by atoms with Gasteiger partial charge in [0.1, 0.15) is 0 Å². The summed E-state index contributed by atoms with van der Waals surface area (Å²) in [6, 6.07) is 1.82. The number of rotatable bonds is 2. The molecule has 0 radical (unpaired) electrons. The molecule has 4 nitrogen and oxygen atoms in total. The summed E-state index contributed by atoms with van der Waals surface area (Å²) in [4.78, 5) is 18.5. The van der Waals surface area contributed by atoms with Crippen molar-refractivity contribution in [2.75, 3.05) is 13.1 Å². The second-order valence-corrected chi connectivity index (χ2v) is 4.13. The summed E-state index contributed by atoms with van der Waals surface area (Å²) >= 11 is 6.22. The lowest BCUT2D eigenvalue weighted by Crippen LogP contribution is -2.36. The van der Waals surface area contributed by atoms with Gasteiger partial charge in [-0.1, -0.05) is 0 Å². The predicted octanol–water partition coefficient (Wildman–Crippen LogP) is 0.973. The highest BCUT2D eigenvalue weighted by Crippen LogP contribution is 2.26. The van der Waals surface area contributed by atoms with Crippen LogP contribution in [-0.4, -0.2) is 34.7 Å². The van der Waals surface area contributed by atoms with Crippen LogP contribution in [0.25, 0.3) is 0 Å². The third-order valence-electron chi connectivity index (χ3n) is 2.58. The molecule has 0 aromatic carbocycles. The van der Waals surface area contributed by atoms with E-state index in [-0.39, 0.29) is 17.1 Å². The van der Waals surface area contributed by atoms with Crippen LogP contribution in [-0.2, 0) is 0 Å². The van der Waals surface area contributed by atoms with Crippen molar-refractivity contribution >= 4 is 17.9 Å². The predicted molar refractivity (Wildman–Crippen MR) is 57.3 cm³/mol. The van der Waals surface area contributed by atoms with Gasteiger partial charge in [0.15, 0.2) is 12.1 Å². The van der Waals surface area contributed by atoms with Gasteiger partial charge in [0.2, 0.25) is 0 Å². The van der Waals surface area contributed by atoms with Gasteiger partial charge < -0.3 is 5.32 Å². The van der Waals surface area contributed by atoms with Crippen molar-refractivity contribution in [3.8, 4) is 0 Å². The first-order valence-electron chi connectivity index (χ1n) is 4.94. The maximum atomic E-state index is 10.5. The van der Waals surface area contributed by atoms with E-state index in [1.807, 2.05) is 6.07 Å². The average molecular weight is 226 g/mol. The molecule has 1 saturated heterocycles. The fourth-order valence-electron chi connectivity index (χ4n) is 1.77. The third-order valence-corrected chi connectivity index (χ3v) is 3.10. The monoisotopic (exact) mass is 225 g/mol. The fourth-order valence-corrected chi connectivity index (χ4v) is 2.10. The van der Waals surface area contributed by atoms with E-state index in [2.05, 4.69) is 15.3 Å². The molecule has 80 valence electrons. The molecule has 0 spiro atoms. The number of nitrogens with zero attached hydrogens (tertiary/aromatic N) is 2. The van der Waals surface area contributed by atoms with Gasteiger partial charge in [-0.3, -0.25) is 4.79 Å². The highest BCUT2D eigenvalue weighted by atomic mass is 35.5. The van der Waals surface area contributed by atoms with Crippen molar-refractivity contribution < 1.29 is 4.79 Å². The maximum absolute atomic E-state index is 10.5. The van der Waals surface area contributed by atoms with Crippen molar-refractivity contribution in [2.24, 2.45) is 0 Å². The van der Waals surface area contributed by atoms with Gasteiger partial charge in [0, 0.05) is 24.0 Å². The molecule has 0 aliphatic carbocycles. The molecule has 15 heavy (non-hydrogen) atoms. The first kappa shape index (κ1) is 10.5. The minimum absolute atomic E-state index is 0.0839. The first-order valence-corrected chi connectivity index (χ1v) is 5.38. The number of hydrogen-bond acceptors (Lipinski definition) is 4. The van der Waals surface area contributed by atoms with Crippen LogP contribution < -0.4 is 5.32 Å². The lowest BCUT2D eigenvalue weighted by atomic mass is 9.95. The van der Waals surface area contributed by atoms with Gasteiger partial charge in [0.05, 0.1) is 5.69 Å². The van der Waals surface area contributed by atoms with Crippen molar-refractivity contribution in [2.45, 2.75) is 17.7 Å². The van der Waals surface area contributed by atoms with Crippen LogP contribution in [0, 0.1) is 0 Å². The van der Waals surface area contributed by atoms with Gasteiger partial charge in [-0.2, -0.15) is 0 Å². The van der Waals surface area contributed by atoms with Crippen LogP contribution >= 0.6 is 11.6 Å². The standard InChI is InChI=1S/C10H12ClN3O/c11-8-1-3-12-5-7(8)9-2-4-13-10(6-15)14-9/h2,4,6-8,12H,1,3,5H2/t7-,8+/m1/s1. The summed E-state index contributed by atoms with van der Waals surface area (Å²) in [6.45, 7) is 1.75. The summed E-state index contributed by atoms with van der Waals surface area (Å²) in [5, 5.41) is 3.35. The Labute approximate surface area is 93.1 Å². The van der Waals surface area contributed by atoms with E-state index in [0.717, 1.165) is 25.2 Å². The Kier molecular flexibility index (Phi) is 3.28. The third kappa shape index (κ3) is 2.33. The molecule has 5 heteroatoms. The molecule has 0 bridgehead atoms. The zero-order chi connectivity index (χ0) is 10.7. The van der Waals surface area contributed by atoms with Gasteiger partial charge in [-0.15, -0.1) is 11.6 Å². The molecule has 1 aromatic heterocycles. The minimum atomic E-state index is 0.0839. The summed E-state index contributed by atoms with van der Waals surface area (Å²) in [5.74, 6) is 0.393. The van der Waals surface area contributed by atoms with Crippen molar-refractivity contribution in [3.63, 3.8) is 0 Å². The second-order valence-electron chi connectivity index (χ2n) is 3.57. The summed E-state index contributed by atoms with van der Waals surface area (Å²) in [5.41, 5.74) is 0.847. The molecule has 0 amide bonds. The van der Waals surface area contributed by atoms with Crippen LogP contribution in [0.15, 0.2) is 12.3 Å². The zero-order valence-electron chi connectivity index (χ0n) is 8.19. The topological polar surface area (TPSA) is 54.9 Å². The normalized spacial score (nSPS) is 26.2. The molecule has 2 atom stereocenters. The maximum Gasteiger partial charge on any atom is 0.192 e. The van der Waals surface area contributed by atoms with Gasteiger partial charge in [-0.05, 0) is 19.0 Å². The largest absolute Gasteiger partial charge is 0.316 e. The number of alkyl halides is 1. The minimum Gasteiger partial charge on any atom is -0.316 e. The van der Waals surface area contributed by atoms with Crippen LogP contribution in [0.2, 0.25) is 0 Å². The van der Waals surface area contributed by atoms with Crippen LogP contribution in [0.5, 0.6) is 0 Å². The van der Waals surface area contributed by atoms with Gasteiger partial charge in [0.25, 0.3) is 0 Å². The van der Waals surface area contributed by atoms with Crippen molar-refractivity contribution in [1.29, 1.82) is 0 Å². The van der Waals surface area contributed by atoms with Gasteiger partial charge in [-0.25, -0.2) is 9.97 Å². The number of halogens is 1. The first-order chi connectivity index (χ1) is 7.31. The number of carbonyl (C=O) groups is 1. The summed E-state index contributed by atoms with van der Waals surface area (Å²) < 4.78 is 0. The smallest absolute Gasteiger partial charge is 0.192 e. The average Bonchev–Trinajstić information content (AvgIpc) is 2.30. The molecule has 1 N–H and O–H groups in total. The Morgan fingerprint density at radius 3 is 3.20 bits per heavy atom. The Bertz CT molecular complexity index is 358. The molecule has 1 fully saturated rings. The van der Waals surface area contributed by atoms with Crippen molar-refractivity contribution in [1.82, 2.24) is 15.3 Å². The number of nitrogens with one attached hydrogen (secondary N) is 1.